The maximum Gasteiger partial charge on any atom is 0.211 e. The molecule has 244 valence electrons. The van der Waals surface area contributed by atoms with Gasteiger partial charge in [0.2, 0.25) is 6.41 Å². The molecule has 4 aromatic carbocycles. The van der Waals surface area contributed by atoms with Gasteiger partial charge in [-0.15, -0.1) is 0 Å². The fourth-order valence-corrected chi connectivity index (χ4v) is 6.15. The van der Waals surface area contributed by atoms with Crippen LogP contribution < -0.4 is 26.4 Å². The van der Waals surface area contributed by atoms with Crippen LogP contribution in [0.25, 0.3) is 0 Å². The molecule has 0 aliphatic rings. The predicted octanol–water partition coefficient (Wildman–Crippen LogP) is 7.84. The third-order valence-corrected chi connectivity index (χ3v) is 13.2. The number of carbonyl (C=O) groups is 1. The molecule has 2 atom stereocenters. The molecular formula is C38H50N4O3Si. The molecule has 0 heterocycles. The minimum atomic E-state index is -2.17. The van der Waals surface area contributed by atoms with Crippen molar-refractivity contribution in [1.82, 2.24) is 5.32 Å². The first-order chi connectivity index (χ1) is 22.1. The van der Waals surface area contributed by atoms with Gasteiger partial charge < -0.3 is 30.8 Å². The van der Waals surface area contributed by atoms with Gasteiger partial charge in [-0.05, 0) is 78.1 Å². The molecule has 5 N–H and O–H groups in total. The largest absolute Gasteiger partial charge is 0.489 e. The van der Waals surface area contributed by atoms with Gasteiger partial charge >= 0.3 is 0 Å². The summed E-state index contributed by atoms with van der Waals surface area (Å²) in [5, 5.41) is 9.93. The van der Waals surface area contributed by atoms with E-state index in [1.165, 1.54) is 5.56 Å². The summed E-state index contributed by atoms with van der Waals surface area (Å²) in [6.45, 7) is 13.8. The molecule has 0 fully saturated rings. The van der Waals surface area contributed by atoms with E-state index in [0.29, 0.717) is 31.8 Å². The van der Waals surface area contributed by atoms with E-state index in [0.717, 1.165) is 41.1 Å². The van der Waals surface area contributed by atoms with Crippen molar-refractivity contribution < 1.29 is 14.0 Å². The topological polar surface area (TPSA) is 97.6 Å². The lowest BCUT2D eigenvalue weighted by molar-refractivity contribution is -0.105. The second kappa shape index (κ2) is 16.6. The van der Waals surface area contributed by atoms with E-state index in [2.05, 4.69) is 98.3 Å². The first-order valence-electron chi connectivity index (χ1n) is 16.1. The van der Waals surface area contributed by atoms with E-state index in [1.807, 2.05) is 54.6 Å². The smallest absolute Gasteiger partial charge is 0.211 e. The van der Waals surface area contributed by atoms with Gasteiger partial charge in [0.25, 0.3) is 0 Å². The van der Waals surface area contributed by atoms with Gasteiger partial charge in [0, 0.05) is 36.1 Å². The molecule has 8 heteroatoms. The zero-order valence-electron chi connectivity index (χ0n) is 27.9. The molecular weight excluding hydrogens is 589 g/mol. The Kier molecular flexibility index (Phi) is 12.6. The van der Waals surface area contributed by atoms with Crippen LogP contribution in [0.2, 0.25) is 18.1 Å². The molecule has 4 rings (SSSR count). The van der Waals surface area contributed by atoms with E-state index >= 15 is 0 Å². The molecule has 0 bridgehead atoms. The average molecular weight is 639 g/mol. The molecule has 0 radical (unpaired) electrons. The number of carbonyl (C=O) groups excluding carboxylic acids is 1. The molecule has 1 amide bonds. The molecule has 0 saturated carbocycles. The van der Waals surface area contributed by atoms with Crippen molar-refractivity contribution in [3.63, 3.8) is 0 Å². The first-order valence-corrected chi connectivity index (χ1v) is 19.0. The molecule has 0 aliphatic heterocycles. The molecule has 7 nitrogen and oxygen atoms in total. The molecule has 0 spiro atoms. The molecule has 0 unspecified atom stereocenters. The lowest BCUT2D eigenvalue weighted by Crippen LogP contribution is -2.43. The Morgan fingerprint density at radius 3 is 2.13 bits per heavy atom. The van der Waals surface area contributed by atoms with Crippen LogP contribution >= 0.6 is 0 Å². The van der Waals surface area contributed by atoms with Gasteiger partial charge in [-0.25, -0.2) is 0 Å². The maximum atomic E-state index is 11.3. The van der Waals surface area contributed by atoms with Crippen LogP contribution in [0, 0.1) is 0 Å². The van der Waals surface area contributed by atoms with Crippen LogP contribution in [0.1, 0.15) is 55.2 Å². The predicted molar refractivity (Wildman–Crippen MR) is 193 cm³/mol. The van der Waals surface area contributed by atoms with Crippen LogP contribution in [0.15, 0.2) is 103 Å². The SMILES string of the molecule is CC(C)(C)[Si](C)(C)O[C@@H](CNCCc1ccc(NC[C@H](N)c2ccccc2)cc1)c1cc(NC=O)ccc1OCc1ccccc1. The summed E-state index contributed by atoms with van der Waals surface area (Å²) in [4.78, 5) is 11.3. The van der Waals surface area contributed by atoms with E-state index in [9.17, 15) is 4.79 Å². The molecule has 0 aliphatic carbocycles. The number of rotatable bonds is 17. The second-order valence-corrected chi connectivity index (χ2v) is 18.0. The van der Waals surface area contributed by atoms with Crippen molar-refractivity contribution in [3.05, 3.63) is 125 Å². The van der Waals surface area contributed by atoms with Crippen molar-refractivity contribution in [1.29, 1.82) is 0 Å². The van der Waals surface area contributed by atoms with Crippen LogP contribution in [0.3, 0.4) is 0 Å². The lowest BCUT2D eigenvalue weighted by atomic mass is 10.1. The molecule has 0 saturated heterocycles. The normalized spacial score (nSPS) is 13.1. The van der Waals surface area contributed by atoms with Crippen molar-refractivity contribution >= 4 is 26.1 Å². The Hall–Kier alpha value is -3.95. The van der Waals surface area contributed by atoms with E-state index in [4.69, 9.17) is 14.9 Å². The van der Waals surface area contributed by atoms with Crippen LogP contribution in [0.5, 0.6) is 5.75 Å². The van der Waals surface area contributed by atoms with Gasteiger partial charge in [-0.3, -0.25) is 4.79 Å². The first kappa shape index (κ1) is 34.9. The summed E-state index contributed by atoms with van der Waals surface area (Å²) >= 11 is 0. The number of hydrogen-bond donors (Lipinski definition) is 4. The number of nitrogens with two attached hydrogens (primary N) is 1. The Morgan fingerprint density at radius 1 is 0.826 bits per heavy atom. The Bertz CT molecular complexity index is 1490. The third-order valence-electron chi connectivity index (χ3n) is 8.69. The number of nitrogens with one attached hydrogen (secondary N) is 3. The van der Waals surface area contributed by atoms with Gasteiger partial charge in [-0.2, -0.15) is 0 Å². The summed E-state index contributed by atoms with van der Waals surface area (Å²) in [6.07, 6.45) is 1.31. The van der Waals surface area contributed by atoms with Gasteiger partial charge in [-0.1, -0.05) is 93.6 Å². The maximum absolute atomic E-state index is 11.3. The van der Waals surface area contributed by atoms with E-state index < -0.39 is 8.32 Å². The monoisotopic (exact) mass is 638 g/mol. The Labute approximate surface area is 276 Å². The fourth-order valence-electron chi connectivity index (χ4n) is 4.87. The summed E-state index contributed by atoms with van der Waals surface area (Å²) < 4.78 is 13.4. The highest BCUT2D eigenvalue weighted by Crippen LogP contribution is 2.41. The van der Waals surface area contributed by atoms with Crippen LogP contribution in [0.4, 0.5) is 11.4 Å². The highest BCUT2D eigenvalue weighted by molar-refractivity contribution is 6.74. The van der Waals surface area contributed by atoms with Gasteiger partial charge in [0.1, 0.15) is 12.4 Å². The van der Waals surface area contributed by atoms with Crippen molar-refractivity contribution in [2.45, 2.75) is 64.1 Å². The zero-order chi connectivity index (χ0) is 33.0. The molecule has 46 heavy (non-hydrogen) atoms. The third kappa shape index (κ3) is 10.3. The number of amides is 1. The van der Waals surface area contributed by atoms with Crippen molar-refractivity contribution in [2.75, 3.05) is 30.3 Å². The summed E-state index contributed by atoms with van der Waals surface area (Å²) in [5.41, 5.74) is 12.5. The number of benzene rings is 4. The van der Waals surface area contributed by atoms with Gasteiger partial charge in [0.15, 0.2) is 8.32 Å². The van der Waals surface area contributed by atoms with Crippen LogP contribution in [-0.4, -0.2) is 34.4 Å². The Balaban J connectivity index is 1.42. The Morgan fingerprint density at radius 2 is 1.48 bits per heavy atom. The number of ether oxygens (including phenoxy) is 1. The summed E-state index contributed by atoms with van der Waals surface area (Å²) in [7, 11) is -2.17. The number of hydrogen-bond acceptors (Lipinski definition) is 6. The standard InChI is InChI=1S/C38H50N4O3Si/c1-38(2,3)46(4,5)45-37(34-24-33(42-28-43)20-21-36(34)44-27-30-12-8-6-9-13-30)26-40-23-22-29-16-18-32(19-17-29)41-25-35(39)31-14-10-7-11-15-31/h6-21,24,28,35,37,40-41H,22-23,25-27,39H2,1-5H3,(H,42,43)/t35-,37-/m0/s1. The molecule has 0 aromatic heterocycles. The lowest BCUT2D eigenvalue weighted by Gasteiger charge is -2.40. The fraction of sp³-hybridized carbons (Fsp3) is 0.342. The summed E-state index contributed by atoms with van der Waals surface area (Å²) in [5.74, 6) is 0.751. The van der Waals surface area contributed by atoms with Crippen molar-refractivity contribution in [2.24, 2.45) is 5.73 Å². The highest BCUT2D eigenvalue weighted by Gasteiger charge is 2.40. The van der Waals surface area contributed by atoms with Gasteiger partial charge in [0.05, 0.1) is 6.10 Å². The average Bonchev–Trinajstić information content (AvgIpc) is 3.05. The second-order valence-electron chi connectivity index (χ2n) is 13.2. The molecule has 4 aromatic rings. The van der Waals surface area contributed by atoms with Crippen LogP contribution in [-0.2, 0) is 22.2 Å². The zero-order valence-corrected chi connectivity index (χ0v) is 28.9. The van der Waals surface area contributed by atoms with E-state index in [-0.39, 0.29) is 17.2 Å². The quantitative estimate of drug-likeness (QED) is 0.0535. The minimum absolute atomic E-state index is 0.0236. The van der Waals surface area contributed by atoms with E-state index in [1.54, 1.807) is 0 Å². The minimum Gasteiger partial charge on any atom is -0.489 e. The van der Waals surface area contributed by atoms with Crippen molar-refractivity contribution in [3.8, 4) is 5.75 Å². The summed E-state index contributed by atoms with van der Waals surface area (Å²) in [6, 6.07) is 34.5. The number of anilines is 2. The highest BCUT2D eigenvalue weighted by atomic mass is 28.4.